The van der Waals surface area contributed by atoms with Crippen molar-refractivity contribution in [3.05, 3.63) is 46.6 Å². The van der Waals surface area contributed by atoms with Crippen molar-refractivity contribution in [3.8, 4) is 11.5 Å². The summed E-state index contributed by atoms with van der Waals surface area (Å²) < 4.78 is 58.0. The van der Waals surface area contributed by atoms with E-state index in [1.807, 2.05) is 0 Å². The third-order valence-electron chi connectivity index (χ3n) is 5.43. The number of benzene rings is 1. The Morgan fingerprint density at radius 2 is 2.06 bits per heavy atom. The predicted octanol–water partition coefficient (Wildman–Crippen LogP) is 4.16. The van der Waals surface area contributed by atoms with Crippen molar-refractivity contribution in [3.63, 3.8) is 0 Å². The van der Waals surface area contributed by atoms with Crippen molar-refractivity contribution in [2.75, 3.05) is 24.0 Å². The molecule has 2 atom stereocenters. The molecule has 0 spiro atoms. The number of thiazole rings is 1. The summed E-state index contributed by atoms with van der Waals surface area (Å²) in [6, 6.07) is 3.53. The molecule has 3 aromatic rings. The third-order valence-corrected chi connectivity index (χ3v) is 6.19. The number of hydrogen-bond acceptors (Lipinski definition) is 9. The Morgan fingerprint density at radius 1 is 1.26 bits per heavy atom. The van der Waals surface area contributed by atoms with Crippen molar-refractivity contribution in [1.82, 2.24) is 14.8 Å². The SMILES string of the molecule is CCOC(=O)c1csc(NC(=O)c2cc3n(n2)[C@H](C(F)(F)F)C[C@H](c2ccc4c(c2)OCO4)N3)n1. The fraction of sp³-hybridized carbons (Fsp3) is 0.333. The molecule has 5 rings (SSSR count). The minimum atomic E-state index is -4.60. The van der Waals surface area contributed by atoms with Gasteiger partial charge in [0.15, 0.2) is 34.1 Å². The lowest BCUT2D eigenvalue weighted by Crippen LogP contribution is -2.35. The average Bonchev–Trinajstić information content (AvgIpc) is 3.56. The lowest BCUT2D eigenvalue weighted by molar-refractivity contribution is -0.173. The Morgan fingerprint density at radius 3 is 2.83 bits per heavy atom. The van der Waals surface area contributed by atoms with Gasteiger partial charge in [-0.1, -0.05) is 6.07 Å². The van der Waals surface area contributed by atoms with Gasteiger partial charge in [0.25, 0.3) is 5.91 Å². The van der Waals surface area contributed by atoms with Crippen molar-refractivity contribution in [2.45, 2.75) is 31.6 Å². The molecule has 2 aromatic heterocycles. The van der Waals surface area contributed by atoms with Crippen LogP contribution in [0.5, 0.6) is 11.5 Å². The number of nitrogens with zero attached hydrogens (tertiary/aromatic N) is 3. The van der Waals surface area contributed by atoms with Gasteiger partial charge in [0.1, 0.15) is 5.82 Å². The molecule has 0 aliphatic carbocycles. The summed E-state index contributed by atoms with van der Waals surface area (Å²) in [6.07, 6.45) is -4.94. The van der Waals surface area contributed by atoms with Gasteiger partial charge in [0.05, 0.1) is 12.6 Å². The summed E-state index contributed by atoms with van der Waals surface area (Å²) in [6.45, 7) is 1.86. The van der Waals surface area contributed by atoms with Crippen LogP contribution >= 0.6 is 11.3 Å². The number of halogens is 3. The number of alkyl halides is 3. The first-order chi connectivity index (χ1) is 16.7. The number of carbonyl (C=O) groups is 2. The minimum Gasteiger partial charge on any atom is -0.461 e. The maximum Gasteiger partial charge on any atom is 0.410 e. The smallest absolute Gasteiger partial charge is 0.410 e. The molecule has 184 valence electrons. The Hall–Kier alpha value is -3.81. The summed E-state index contributed by atoms with van der Waals surface area (Å²) in [5, 5.41) is 10.9. The number of ether oxygens (including phenoxy) is 3. The molecule has 4 heterocycles. The van der Waals surface area contributed by atoms with Crippen molar-refractivity contribution in [1.29, 1.82) is 0 Å². The number of nitrogens with one attached hydrogen (secondary N) is 2. The number of aromatic nitrogens is 3. The van der Waals surface area contributed by atoms with Crippen LogP contribution in [-0.4, -0.2) is 46.2 Å². The van der Waals surface area contributed by atoms with Crippen LogP contribution in [0.4, 0.5) is 24.1 Å². The Labute approximate surface area is 200 Å². The molecule has 0 bridgehead atoms. The number of anilines is 2. The fourth-order valence-corrected chi connectivity index (χ4v) is 4.50. The van der Waals surface area contributed by atoms with Crippen LogP contribution in [0, 0.1) is 0 Å². The van der Waals surface area contributed by atoms with E-state index >= 15 is 0 Å². The van der Waals surface area contributed by atoms with E-state index in [2.05, 4.69) is 20.7 Å². The van der Waals surface area contributed by atoms with Crippen molar-refractivity contribution in [2.24, 2.45) is 0 Å². The first-order valence-electron chi connectivity index (χ1n) is 10.5. The molecule has 2 aliphatic rings. The van der Waals surface area contributed by atoms with Gasteiger partial charge >= 0.3 is 12.1 Å². The zero-order valence-corrected chi connectivity index (χ0v) is 18.9. The minimum absolute atomic E-state index is 0.0154. The second kappa shape index (κ2) is 8.76. The van der Waals surface area contributed by atoms with Gasteiger partial charge < -0.3 is 19.5 Å². The topological polar surface area (TPSA) is 117 Å². The van der Waals surface area contributed by atoms with Crippen molar-refractivity contribution < 1.29 is 37.0 Å². The maximum atomic E-state index is 13.9. The predicted molar refractivity (Wildman–Crippen MR) is 117 cm³/mol. The number of esters is 1. The molecule has 0 fully saturated rings. The molecule has 10 nitrogen and oxygen atoms in total. The number of rotatable bonds is 5. The highest BCUT2D eigenvalue weighted by molar-refractivity contribution is 7.14. The third kappa shape index (κ3) is 4.48. The lowest BCUT2D eigenvalue weighted by atomic mass is 9.96. The normalized spacial score (nSPS) is 18.5. The number of fused-ring (bicyclic) bond motifs is 2. The van der Waals surface area contributed by atoms with E-state index in [4.69, 9.17) is 14.2 Å². The van der Waals surface area contributed by atoms with Gasteiger partial charge in [-0.2, -0.15) is 18.3 Å². The quantitative estimate of drug-likeness (QED) is 0.493. The Balaban J connectivity index is 1.39. The number of amides is 1. The standard InChI is InChI=1S/C21H18F3N5O5S/c1-2-32-19(31)13-8-35-20(26-13)27-18(30)12-7-17-25-11(6-16(21(22,23)24)29(17)28-12)10-3-4-14-15(5-10)34-9-33-14/h3-5,7-8,11,16,25H,2,6,9H2,1H3,(H,26,27,30)/t11-,16+/m1/s1. The molecule has 2 N–H and O–H groups in total. The van der Waals surface area contributed by atoms with Crippen LogP contribution in [0.25, 0.3) is 0 Å². The molecule has 0 saturated carbocycles. The molecule has 14 heteroatoms. The second-order valence-electron chi connectivity index (χ2n) is 7.67. The summed E-state index contributed by atoms with van der Waals surface area (Å²) in [5.41, 5.74) is 0.360. The average molecular weight is 509 g/mol. The first kappa shape index (κ1) is 23.0. The van der Waals surface area contributed by atoms with E-state index in [1.165, 1.54) is 11.4 Å². The van der Waals surface area contributed by atoms with Crippen LogP contribution in [0.3, 0.4) is 0 Å². The highest BCUT2D eigenvalue weighted by Crippen LogP contribution is 2.45. The van der Waals surface area contributed by atoms with E-state index in [0.717, 1.165) is 16.0 Å². The lowest BCUT2D eigenvalue weighted by Gasteiger charge is -2.33. The first-order valence-corrected chi connectivity index (χ1v) is 11.4. The summed E-state index contributed by atoms with van der Waals surface area (Å²) >= 11 is 0.978. The monoisotopic (exact) mass is 509 g/mol. The van der Waals surface area contributed by atoms with E-state index in [1.54, 1.807) is 25.1 Å². The second-order valence-corrected chi connectivity index (χ2v) is 8.53. The van der Waals surface area contributed by atoms with Gasteiger partial charge in [0, 0.05) is 17.9 Å². The maximum absolute atomic E-state index is 13.9. The molecular formula is C21H18F3N5O5S. The molecule has 0 radical (unpaired) electrons. The Bertz CT molecular complexity index is 1290. The molecular weight excluding hydrogens is 491 g/mol. The zero-order chi connectivity index (χ0) is 24.7. The van der Waals surface area contributed by atoms with Crippen LogP contribution in [0.15, 0.2) is 29.6 Å². The summed E-state index contributed by atoms with van der Waals surface area (Å²) in [5.74, 6) is -0.392. The largest absolute Gasteiger partial charge is 0.461 e. The molecule has 0 saturated heterocycles. The summed E-state index contributed by atoms with van der Waals surface area (Å²) in [4.78, 5) is 28.4. The van der Waals surface area contributed by atoms with Crippen LogP contribution in [0.2, 0.25) is 0 Å². The Kier molecular flexibility index (Phi) is 5.75. The van der Waals surface area contributed by atoms with Crippen LogP contribution < -0.4 is 20.1 Å². The van der Waals surface area contributed by atoms with Gasteiger partial charge in [-0.25, -0.2) is 14.5 Å². The van der Waals surface area contributed by atoms with Crippen LogP contribution in [-0.2, 0) is 4.74 Å². The van der Waals surface area contributed by atoms with Gasteiger partial charge in [0.2, 0.25) is 6.79 Å². The number of carbonyl (C=O) groups excluding carboxylic acids is 2. The number of hydrogen-bond donors (Lipinski definition) is 2. The van der Waals surface area contributed by atoms with E-state index in [0.29, 0.717) is 17.1 Å². The van der Waals surface area contributed by atoms with E-state index in [-0.39, 0.29) is 42.2 Å². The highest BCUT2D eigenvalue weighted by atomic mass is 32.1. The zero-order valence-electron chi connectivity index (χ0n) is 18.1. The molecule has 35 heavy (non-hydrogen) atoms. The van der Waals surface area contributed by atoms with Crippen molar-refractivity contribution >= 4 is 34.2 Å². The van der Waals surface area contributed by atoms with Gasteiger partial charge in [-0.05, 0) is 24.6 Å². The summed E-state index contributed by atoms with van der Waals surface area (Å²) in [7, 11) is 0. The van der Waals surface area contributed by atoms with Crippen LogP contribution in [0.1, 0.15) is 52.0 Å². The van der Waals surface area contributed by atoms with E-state index < -0.39 is 30.1 Å². The van der Waals surface area contributed by atoms with E-state index in [9.17, 15) is 22.8 Å². The van der Waals surface area contributed by atoms with Gasteiger partial charge in [-0.3, -0.25) is 10.1 Å². The molecule has 1 aromatic carbocycles. The fourth-order valence-electron chi connectivity index (χ4n) is 3.82. The van der Waals surface area contributed by atoms with Gasteiger partial charge in [-0.15, -0.1) is 11.3 Å². The molecule has 1 amide bonds. The molecule has 2 aliphatic heterocycles. The molecule has 0 unspecified atom stereocenters. The highest BCUT2D eigenvalue weighted by Gasteiger charge is 2.47.